The number of piperidine rings is 1. The number of nitriles is 1. The summed E-state index contributed by atoms with van der Waals surface area (Å²) in [5.41, 5.74) is 2.35. The van der Waals surface area contributed by atoms with Crippen LogP contribution in [0.15, 0.2) is 30.3 Å². The summed E-state index contributed by atoms with van der Waals surface area (Å²) >= 11 is 0. The number of anilines is 1. The topological polar surface area (TPSA) is 115 Å². The second-order valence-corrected chi connectivity index (χ2v) is 12.8. The zero-order chi connectivity index (χ0) is 28.4. The van der Waals surface area contributed by atoms with Gasteiger partial charge in [0.05, 0.1) is 23.8 Å². The number of carbonyl (C=O) groups is 1. The molecule has 1 spiro atoms. The predicted molar refractivity (Wildman–Crippen MR) is 156 cm³/mol. The van der Waals surface area contributed by atoms with E-state index in [1.807, 2.05) is 25.1 Å². The minimum atomic E-state index is -0.167. The van der Waals surface area contributed by atoms with Crippen LogP contribution in [-0.4, -0.2) is 76.6 Å². The third kappa shape index (κ3) is 6.34. The maximum Gasteiger partial charge on any atom is 0.272 e. The van der Waals surface area contributed by atoms with Crippen molar-refractivity contribution >= 4 is 11.7 Å². The molecule has 218 valence electrons. The van der Waals surface area contributed by atoms with Crippen molar-refractivity contribution in [1.82, 2.24) is 20.4 Å². The van der Waals surface area contributed by atoms with Crippen LogP contribution in [0.3, 0.4) is 0 Å². The molecule has 1 amide bonds. The number of benzene rings is 1. The zero-order valence-corrected chi connectivity index (χ0v) is 24.1. The monoisotopic (exact) mass is 558 g/mol. The molecule has 2 aliphatic heterocycles. The molecule has 0 radical (unpaired) electrons. The molecular weight excluding hydrogens is 516 g/mol. The van der Waals surface area contributed by atoms with Gasteiger partial charge in [-0.2, -0.15) is 5.26 Å². The number of aryl methyl sites for hydroxylation is 1. The second-order valence-electron chi connectivity index (χ2n) is 12.8. The van der Waals surface area contributed by atoms with E-state index in [-0.39, 0.29) is 24.2 Å². The number of ether oxygens (including phenoxy) is 1. The molecule has 9 nitrogen and oxygen atoms in total. The van der Waals surface area contributed by atoms with Gasteiger partial charge in [-0.25, -0.2) is 0 Å². The first-order valence-electron chi connectivity index (χ1n) is 15.4. The van der Waals surface area contributed by atoms with Crippen LogP contribution in [0.25, 0.3) is 0 Å². The largest absolute Gasteiger partial charge is 0.490 e. The standard InChI is InChI=1S/C32H42N6O3/c1-22-18-28(5-2-23(22)19-33)41-27-6-3-24(4-7-27)34-31(40)29-8-9-30(36-35-29)38-20-32(21-38)14-10-25(11-15-32)37-16-12-26(39)13-17-37/h2,5,8-9,18,24-27,39H,3-4,6-7,10-17,20-21H2,1H3,(H,34,40). The number of amides is 1. The highest BCUT2D eigenvalue weighted by atomic mass is 16.5. The van der Waals surface area contributed by atoms with Crippen LogP contribution in [-0.2, 0) is 0 Å². The van der Waals surface area contributed by atoms with Gasteiger partial charge in [0.1, 0.15) is 5.75 Å². The molecule has 0 bridgehead atoms. The Balaban J connectivity index is 0.923. The van der Waals surface area contributed by atoms with Gasteiger partial charge in [-0.3, -0.25) is 4.79 Å². The molecule has 1 aromatic carbocycles. The van der Waals surface area contributed by atoms with E-state index in [0.717, 1.165) is 81.8 Å². The average molecular weight is 559 g/mol. The van der Waals surface area contributed by atoms with Crippen LogP contribution in [0.2, 0.25) is 0 Å². The van der Waals surface area contributed by atoms with Crippen LogP contribution in [0.1, 0.15) is 85.8 Å². The van der Waals surface area contributed by atoms with Crippen molar-refractivity contribution in [3.8, 4) is 11.8 Å². The molecule has 2 saturated carbocycles. The summed E-state index contributed by atoms with van der Waals surface area (Å²) in [6.45, 7) is 6.03. The number of nitrogens with one attached hydrogen (secondary N) is 1. The molecule has 2 saturated heterocycles. The van der Waals surface area contributed by atoms with Crippen molar-refractivity contribution < 1.29 is 14.6 Å². The lowest BCUT2D eigenvalue weighted by atomic mass is 9.67. The van der Waals surface area contributed by atoms with E-state index in [2.05, 4.69) is 31.4 Å². The minimum absolute atomic E-state index is 0.104. The van der Waals surface area contributed by atoms with Crippen molar-refractivity contribution in [2.45, 2.75) is 95.4 Å². The van der Waals surface area contributed by atoms with Crippen LogP contribution >= 0.6 is 0 Å². The van der Waals surface area contributed by atoms with E-state index < -0.39 is 0 Å². The van der Waals surface area contributed by atoms with Gasteiger partial charge >= 0.3 is 0 Å². The highest BCUT2D eigenvalue weighted by molar-refractivity contribution is 5.92. The van der Waals surface area contributed by atoms with E-state index in [4.69, 9.17) is 10.00 Å². The maximum atomic E-state index is 12.9. The molecule has 4 fully saturated rings. The number of nitrogens with zero attached hydrogens (tertiary/aromatic N) is 5. The summed E-state index contributed by atoms with van der Waals surface area (Å²) in [5, 5.41) is 30.7. The number of hydrogen-bond donors (Lipinski definition) is 2. The predicted octanol–water partition coefficient (Wildman–Crippen LogP) is 3.98. The van der Waals surface area contributed by atoms with Gasteiger partial charge in [0.25, 0.3) is 5.91 Å². The van der Waals surface area contributed by atoms with Crippen molar-refractivity contribution in [1.29, 1.82) is 5.26 Å². The van der Waals surface area contributed by atoms with Gasteiger partial charge in [0.2, 0.25) is 0 Å². The SMILES string of the molecule is Cc1cc(OC2CCC(NC(=O)c3ccc(N4CC5(CCC(N6CCC(O)CC6)CC5)C4)nn3)CC2)ccc1C#N. The Bertz CT molecular complexity index is 1250. The molecule has 9 heteroatoms. The van der Waals surface area contributed by atoms with Crippen molar-refractivity contribution in [2.24, 2.45) is 5.41 Å². The first-order valence-corrected chi connectivity index (χ1v) is 15.4. The van der Waals surface area contributed by atoms with Crippen LogP contribution in [0, 0.1) is 23.7 Å². The Morgan fingerprint density at radius 2 is 1.76 bits per heavy atom. The number of aromatic nitrogens is 2. The fraction of sp³-hybridized carbons (Fsp3) is 0.625. The van der Waals surface area contributed by atoms with Gasteiger partial charge in [-0.15, -0.1) is 10.2 Å². The molecular formula is C32H42N6O3. The first kappa shape index (κ1) is 27.9. The van der Waals surface area contributed by atoms with Gasteiger partial charge in [-0.05, 0) is 107 Å². The summed E-state index contributed by atoms with van der Waals surface area (Å²) in [5.74, 6) is 1.49. The van der Waals surface area contributed by atoms with Crippen LogP contribution < -0.4 is 15.0 Å². The fourth-order valence-electron chi connectivity index (χ4n) is 7.30. The minimum Gasteiger partial charge on any atom is -0.490 e. The van der Waals surface area contributed by atoms with Crippen molar-refractivity contribution in [3.63, 3.8) is 0 Å². The van der Waals surface area contributed by atoms with E-state index >= 15 is 0 Å². The molecule has 0 atom stereocenters. The Labute approximate surface area is 242 Å². The molecule has 1 aromatic heterocycles. The fourth-order valence-corrected chi connectivity index (χ4v) is 7.30. The number of aliphatic hydroxyl groups is 1. The Hall–Kier alpha value is -3.22. The summed E-state index contributed by atoms with van der Waals surface area (Å²) in [6.07, 6.45) is 10.3. The Kier molecular flexibility index (Phi) is 8.14. The summed E-state index contributed by atoms with van der Waals surface area (Å²) in [4.78, 5) is 17.8. The van der Waals surface area contributed by atoms with Gasteiger partial charge in [-0.1, -0.05) is 0 Å². The quantitative estimate of drug-likeness (QED) is 0.547. The number of likely N-dealkylation sites (tertiary alicyclic amines) is 1. The summed E-state index contributed by atoms with van der Waals surface area (Å²) in [7, 11) is 0. The van der Waals surface area contributed by atoms with Gasteiger partial charge in [0.15, 0.2) is 11.5 Å². The molecule has 6 rings (SSSR count). The highest BCUT2D eigenvalue weighted by Crippen LogP contribution is 2.46. The molecule has 4 aliphatic rings. The third-order valence-corrected chi connectivity index (χ3v) is 9.92. The second kappa shape index (κ2) is 11.9. The summed E-state index contributed by atoms with van der Waals surface area (Å²) < 4.78 is 6.14. The third-order valence-electron chi connectivity index (χ3n) is 9.92. The van der Waals surface area contributed by atoms with Crippen LogP contribution in [0.5, 0.6) is 5.75 Å². The Morgan fingerprint density at radius 3 is 2.39 bits per heavy atom. The Morgan fingerprint density at radius 1 is 1.02 bits per heavy atom. The average Bonchev–Trinajstić information content (AvgIpc) is 2.98. The maximum absolute atomic E-state index is 12.9. The number of hydrogen-bond acceptors (Lipinski definition) is 8. The smallest absolute Gasteiger partial charge is 0.272 e. The van der Waals surface area contributed by atoms with E-state index in [9.17, 15) is 9.90 Å². The van der Waals surface area contributed by atoms with E-state index in [0.29, 0.717) is 22.7 Å². The molecule has 0 unspecified atom stereocenters. The van der Waals surface area contributed by atoms with E-state index in [1.54, 1.807) is 12.1 Å². The zero-order valence-electron chi connectivity index (χ0n) is 24.1. The van der Waals surface area contributed by atoms with Crippen molar-refractivity contribution in [2.75, 3.05) is 31.1 Å². The molecule has 2 aromatic rings. The lowest BCUT2D eigenvalue weighted by Crippen LogP contribution is -2.59. The van der Waals surface area contributed by atoms with E-state index in [1.165, 1.54) is 25.7 Å². The lowest BCUT2D eigenvalue weighted by molar-refractivity contribution is 0.0237. The molecule has 41 heavy (non-hydrogen) atoms. The van der Waals surface area contributed by atoms with Gasteiger partial charge in [0, 0.05) is 43.7 Å². The number of aliphatic hydroxyl groups excluding tert-OH is 1. The summed E-state index contributed by atoms with van der Waals surface area (Å²) in [6, 6.07) is 12.3. The molecule has 3 heterocycles. The molecule has 2 N–H and O–H groups in total. The lowest BCUT2D eigenvalue weighted by Gasteiger charge is -2.55. The molecule has 2 aliphatic carbocycles. The number of carbonyl (C=O) groups excluding carboxylic acids is 1. The van der Waals surface area contributed by atoms with Crippen molar-refractivity contribution in [3.05, 3.63) is 47.2 Å². The first-order chi connectivity index (χ1) is 19.9. The van der Waals surface area contributed by atoms with Crippen LogP contribution in [0.4, 0.5) is 5.82 Å². The normalized spacial score (nSPS) is 25.3. The van der Waals surface area contributed by atoms with Gasteiger partial charge < -0.3 is 25.0 Å². The highest BCUT2D eigenvalue weighted by Gasteiger charge is 2.46. The number of rotatable bonds is 6.